The molecule has 1 aliphatic carbocycles. The van der Waals surface area contributed by atoms with Crippen LogP contribution in [0, 0.1) is 0 Å². The lowest BCUT2D eigenvalue weighted by molar-refractivity contribution is -0.0352. The lowest BCUT2D eigenvalue weighted by atomic mass is 9.80. The van der Waals surface area contributed by atoms with Crippen molar-refractivity contribution in [2.75, 3.05) is 58.4 Å². The molecule has 8 heteroatoms. The normalized spacial score (nSPS) is 22.6. The molecule has 2 aliphatic rings. The van der Waals surface area contributed by atoms with E-state index in [0.717, 1.165) is 38.8 Å². The highest BCUT2D eigenvalue weighted by Gasteiger charge is 2.38. The number of hydrogen-bond donors (Lipinski definition) is 2. The van der Waals surface area contributed by atoms with Gasteiger partial charge in [0.05, 0.1) is 19.0 Å². The summed E-state index contributed by atoms with van der Waals surface area (Å²) in [5.74, 6) is 0.959. The molecule has 0 aromatic carbocycles. The summed E-state index contributed by atoms with van der Waals surface area (Å²) in [6, 6.07) is 0. The van der Waals surface area contributed by atoms with Gasteiger partial charge in [-0.1, -0.05) is 19.3 Å². The van der Waals surface area contributed by atoms with Crippen LogP contribution in [0.15, 0.2) is 4.99 Å². The Morgan fingerprint density at radius 2 is 1.84 bits per heavy atom. The molecular weight excluding hydrogens is 340 g/mol. The van der Waals surface area contributed by atoms with Gasteiger partial charge in [0.15, 0.2) is 5.96 Å². The number of morpholine rings is 1. The highest BCUT2D eigenvalue weighted by molar-refractivity contribution is 7.90. The van der Waals surface area contributed by atoms with Gasteiger partial charge < -0.3 is 15.4 Å². The Balaban J connectivity index is 1.85. The number of nitrogens with zero attached hydrogens (tertiary/aromatic N) is 2. The van der Waals surface area contributed by atoms with Crippen LogP contribution in [0.2, 0.25) is 0 Å². The summed E-state index contributed by atoms with van der Waals surface area (Å²) < 4.78 is 27.9. The van der Waals surface area contributed by atoms with E-state index in [1.54, 1.807) is 7.05 Å². The van der Waals surface area contributed by atoms with Crippen molar-refractivity contribution in [2.45, 2.75) is 44.1 Å². The average Bonchev–Trinajstić information content (AvgIpc) is 2.62. The van der Waals surface area contributed by atoms with Crippen molar-refractivity contribution in [1.29, 1.82) is 0 Å². The molecule has 146 valence electrons. The van der Waals surface area contributed by atoms with E-state index < -0.39 is 9.84 Å². The van der Waals surface area contributed by atoms with Crippen LogP contribution in [0.1, 0.15) is 38.5 Å². The summed E-state index contributed by atoms with van der Waals surface area (Å²) in [6.07, 6.45) is 8.17. The van der Waals surface area contributed by atoms with Crippen molar-refractivity contribution in [1.82, 2.24) is 15.5 Å². The Morgan fingerprint density at radius 3 is 2.44 bits per heavy atom. The van der Waals surface area contributed by atoms with Gasteiger partial charge in [0.1, 0.15) is 9.84 Å². The van der Waals surface area contributed by atoms with Gasteiger partial charge in [0, 0.05) is 45.0 Å². The maximum atomic E-state index is 11.2. The zero-order valence-corrected chi connectivity index (χ0v) is 16.5. The molecule has 0 spiro atoms. The zero-order valence-electron chi connectivity index (χ0n) is 15.7. The minimum Gasteiger partial charge on any atom is -0.379 e. The van der Waals surface area contributed by atoms with Crippen molar-refractivity contribution >= 4 is 15.8 Å². The fourth-order valence-corrected chi connectivity index (χ4v) is 4.53. The highest BCUT2D eigenvalue weighted by atomic mass is 32.2. The van der Waals surface area contributed by atoms with E-state index in [1.807, 2.05) is 0 Å². The van der Waals surface area contributed by atoms with E-state index in [1.165, 1.54) is 38.4 Å². The van der Waals surface area contributed by atoms with E-state index >= 15 is 0 Å². The fraction of sp³-hybridized carbons (Fsp3) is 0.941. The number of ether oxygens (including phenoxy) is 1. The Bertz CT molecular complexity index is 524. The van der Waals surface area contributed by atoms with Gasteiger partial charge >= 0.3 is 0 Å². The molecule has 0 unspecified atom stereocenters. The molecular formula is C17H34N4O3S. The van der Waals surface area contributed by atoms with Gasteiger partial charge in [0.25, 0.3) is 0 Å². The molecule has 7 nitrogen and oxygen atoms in total. The first kappa shape index (κ1) is 20.5. The largest absolute Gasteiger partial charge is 0.379 e. The first-order chi connectivity index (χ1) is 12.0. The standard InChI is InChI=1S/C17H34N4O3S/c1-18-16(19-9-6-14-25(2,22)23)20-15-17(7-4-3-5-8-17)21-10-12-24-13-11-21/h3-15H2,1-2H3,(H2,18,19,20). The van der Waals surface area contributed by atoms with E-state index in [4.69, 9.17) is 4.74 Å². The molecule has 0 radical (unpaired) electrons. The summed E-state index contributed by atoms with van der Waals surface area (Å²) in [7, 11) is -1.14. The number of sulfone groups is 1. The van der Waals surface area contributed by atoms with E-state index in [2.05, 4.69) is 20.5 Å². The third-order valence-electron chi connectivity index (χ3n) is 5.26. The van der Waals surface area contributed by atoms with Crippen molar-refractivity contribution in [3.8, 4) is 0 Å². The molecule has 2 fully saturated rings. The van der Waals surface area contributed by atoms with Crippen LogP contribution in [0.5, 0.6) is 0 Å². The topological polar surface area (TPSA) is 83.0 Å². The van der Waals surface area contributed by atoms with Gasteiger partial charge in [-0.3, -0.25) is 9.89 Å². The monoisotopic (exact) mass is 374 g/mol. The number of guanidine groups is 1. The number of aliphatic imine (C=N–C) groups is 1. The van der Waals surface area contributed by atoms with Gasteiger partial charge in [-0.2, -0.15) is 0 Å². The summed E-state index contributed by atoms with van der Waals surface area (Å²) in [5.41, 5.74) is 0.187. The molecule has 0 amide bonds. The van der Waals surface area contributed by atoms with Gasteiger partial charge in [0.2, 0.25) is 0 Å². The Kier molecular flexibility index (Phi) is 7.96. The molecule has 2 N–H and O–H groups in total. The summed E-state index contributed by atoms with van der Waals surface area (Å²) in [6.45, 7) is 5.13. The second kappa shape index (κ2) is 9.73. The van der Waals surface area contributed by atoms with Gasteiger partial charge in [-0.05, 0) is 19.3 Å². The quantitative estimate of drug-likeness (QED) is 0.386. The van der Waals surface area contributed by atoms with Gasteiger partial charge in [-0.25, -0.2) is 8.42 Å². The van der Waals surface area contributed by atoms with Crippen molar-refractivity contribution < 1.29 is 13.2 Å². The number of nitrogens with one attached hydrogen (secondary N) is 2. The third-order valence-corrected chi connectivity index (χ3v) is 6.29. The maximum absolute atomic E-state index is 11.2. The van der Waals surface area contributed by atoms with Crippen LogP contribution in [0.25, 0.3) is 0 Å². The van der Waals surface area contributed by atoms with Crippen LogP contribution in [-0.4, -0.2) is 83.3 Å². The molecule has 1 saturated carbocycles. The van der Waals surface area contributed by atoms with Crippen LogP contribution in [0.4, 0.5) is 0 Å². The minimum absolute atomic E-state index is 0.187. The number of rotatable bonds is 7. The van der Waals surface area contributed by atoms with Crippen LogP contribution >= 0.6 is 0 Å². The van der Waals surface area contributed by atoms with E-state index in [0.29, 0.717) is 13.0 Å². The highest BCUT2D eigenvalue weighted by Crippen LogP contribution is 2.33. The predicted octanol–water partition coefficient (Wildman–Crippen LogP) is 0.621. The second-order valence-electron chi connectivity index (χ2n) is 7.22. The third kappa shape index (κ3) is 6.75. The molecule has 25 heavy (non-hydrogen) atoms. The van der Waals surface area contributed by atoms with E-state index in [9.17, 15) is 8.42 Å². The Hall–Kier alpha value is -0.860. The fourth-order valence-electron chi connectivity index (χ4n) is 3.86. The lowest BCUT2D eigenvalue weighted by Crippen LogP contribution is -2.60. The Morgan fingerprint density at radius 1 is 1.16 bits per heavy atom. The molecule has 0 bridgehead atoms. The van der Waals surface area contributed by atoms with Crippen molar-refractivity contribution in [2.24, 2.45) is 4.99 Å². The number of hydrogen-bond acceptors (Lipinski definition) is 5. The lowest BCUT2D eigenvalue weighted by Gasteiger charge is -2.48. The molecule has 1 heterocycles. The zero-order chi connectivity index (χ0) is 18.2. The van der Waals surface area contributed by atoms with Crippen LogP contribution < -0.4 is 10.6 Å². The van der Waals surface area contributed by atoms with Crippen LogP contribution in [-0.2, 0) is 14.6 Å². The summed E-state index contributed by atoms with van der Waals surface area (Å²) in [5, 5.41) is 6.71. The smallest absolute Gasteiger partial charge is 0.191 e. The first-order valence-corrected chi connectivity index (χ1v) is 11.5. The molecule has 0 atom stereocenters. The van der Waals surface area contributed by atoms with Crippen molar-refractivity contribution in [3.63, 3.8) is 0 Å². The van der Waals surface area contributed by atoms with Gasteiger partial charge in [-0.15, -0.1) is 0 Å². The van der Waals surface area contributed by atoms with Crippen LogP contribution in [0.3, 0.4) is 0 Å². The molecule has 0 aromatic rings. The molecule has 2 rings (SSSR count). The average molecular weight is 375 g/mol. The first-order valence-electron chi connectivity index (χ1n) is 9.40. The maximum Gasteiger partial charge on any atom is 0.191 e. The molecule has 1 aliphatic heterocycles. The minimum atomic E-state index is -2.90. The summed E-state index contributed by atoms with van der Waals surface area (Å²) in [4.78, 5) is 6.88. The SMILES string of the molecule is CN=C(NCCCS(C)(=O)=O)NCC1(N2CCOCC2)CCCCC1. The Labute approximate surface area is 152 Å². The van der Waals surface area contributed by atoms with E-state index in [-0.39, 0.29) is 11.3 Å². The molecule has 0 aromatic heterocycles. The molecule has 1 saturated heterocycles. The summed E-state index contributed by atoms with van der Waals surface area (Å²) >= 11 is 0. The van der Waals surface area contributed by atoms with Crippen molar-refractivity contribution in [3.05, 3.63) is 0 Å². The second-order valence-corrected chi connectivity index (χ2v) is 9.48. The predicted molar refractivity (Wildman–Crippen MR) is 102 cm³/mol.